The Morgan fingerprint density at radius 1 is 0.559 bits per heavy atom. The average Bonchev–Trinajstić information content (AvgIpc) is 3.33. The standard InChI is InChI=1S/C30H36N2O4S.C25H28N2O2S.ClH/c1-30(2,3)36-29(33)32-18-16-22(17-19-32)25-14-15-28(27-11-7-6-10-26(25)27)37(34,35)31-24-13-12-21-8-4-5-9-23(21)20-24;28-30(29,27-21-10-9-18-5-1-2-6-20(18)17-21)25-12-11-22(19-13-15-26-16-14-19)23-7-3-4-8-24(23)25;/h6-7,10-15,20,22,31H,4-5,8-9,16-19H2,1-3H3;3-4,7-12,17,19,26-27H,1-2,5-6,13-16H2;1H. The van der Waals surface area contributed by atoms with Crippen LogP contribution in [0.5, 0.6) is 0 Å². The second kappa shape index (κ2) is 20.8. The van der Waals surface area contributed by atoms with E-state index in [1.54, 1.807) is 17.0 Å². The second-order valence-corrected chi connectivity index (χ2v) is 23.1. The molecular formula is C55H65ClN4O6S2. The molecule has 13 heteroatoms. The molecule has 2 aliphatic heterocycles. The lowest BCUT2D eigenvalue weighted by Crippen LogP contribution is -2.41. The summed E-state index contributed by atoms with van der Waals surface area (Å²) in [7, 11) is -7.45. The molecule has 68 heavy (non-hydrogen) atoms. The highest BCUT2D eigenvalue weighted by Crippen LogP contribution is 2.38. The van der Waals surface area contributed by atoms with Crippen molar-refractivity contribution in [3.05, 3.63) is 143 Å². The van der Waals surface area contributed by atoms with Crippen LogP contribution in [0.1, 0.15) is 117 Å². The van der Waals surface area contributed by atoms with Gasteiger partial charge in [0.05, 0.1) is 9.79 Å². The number of amides is 1. The number of hydrogen-bond acceptors (Lipinski definition) is 7. The Balaban J connectivity index is 0.000000185. The minimum Gasteiger partial charge on any atom is -0.444 e. The Kier molecular flexibility index (Phi) is 15.1. The summed E-state index contributed by atoms with van der Waals surface area (Å²) >= 11 is 0. The average molecular weight is 978 g/mol. The molecule has 10 rings (SSSR count). The first kappa shape index (κ1) is 49.3. The number of rotatable bonds is 8. The summed E-state index contributed by atoms with van der Waals surface area (Å²) in [5, 5.41) is 6.94. The Bertz CT molecular complexity index is 3010. The zero-order valence-electron chi connectivity index (χ0n) is 39.5. The molecule has 0 saturated carbocycles. The van der Waals surface area contributed by atoms with Crippen molar-refractivity contribution in [2.24, 2.45) is 0 Å². The Morgan fingerprint density at radius 3 is 1.41 bits per heavy atom. The van der Waals surface area contributed by atoms with Crippen molar-refractivity contribution in [2.75, 3.05) is 35.6 Å². The molecule has 2 heterocycles. The largest absolute Gasteiger partial charge is 0.444 e. The van der Waals surface area contributed by atoms with Crippen LogP contribution < -0.4 is 14.8 Å². The quantitative estimate of drug-likeness (QED) is 0.138. The maximum absolute atomic E-state index is 13.5. The number of fused-ring (bicyclic) bond motifs is 4. The van der Waals surface area contributed by atoms with E-state index < -0.39 is 25.6 Å². The molecule has 2 fully saturated rings. The number of aryl methyl sites for hydroxylation is 4. The zero-order valence-corrected chi connectivity index (χ0v) is 41.9. The number of piperidine rings is 2. The highest BCUT2D eigenvalue weighted by Gasteiger charge is 2.30. The van der Waals surface area contributed by atoms with Gasteiger partial charge in [-0.05, 0) is 203 Å². The SMILES string of the molecule is CC(C)(C)OC(=O)N1CCC(c2ccc(S(=O)(=O)Nc3ccc4c(c3)CCCC4)c3ccccc23)CC1.Cl.O=S(=O)(Nc1ccc2c(c1)CCCC2)c1ccc(C2CCNCC2)c2ccccc12. The summed E-state index contributed by atoms with van der Waals surface area (Å²) in [6.07, 6.45) is 12.4. The smallest absolute Gasteiger partial charge is 0.410 e. The number of carbonyl (C=O) groups excluding carboxylic acids is 1. The van der Waals surface area contributed by atoms with E-state index in [-0.39, 0.29) is 29.3 Å². The molecule has 360 valence electrons. The highest BCUT2D eigenvalue weighted by molar-refractivity contribution is 7.93. The zero-order chi connectivity index (χ0) is 46.8. The van der Waals surface area contributed by atoms with Gasteiger partial charge in [0.15, 0.2) is 0 Å². The number of anilines is 2. The molecule has 2 aliphatic carbocycles. The van der Waals surface area contributed by atoms with Gasteiger partial charge in [-0.15, -0.1) is 12.4 Å². The van der Waals surface area contributed by atoms with Gasteiger partial charge in [0.2, 0.25) is 0 Å². The lowest BCUT2D eigenvalue weighted by Gasteiger charge is -2.34. The fourth-order valence-electron chi connectivity index (χ4n) is 10.6. The van der Waals surface area contributed by atoms with E-state index in [0.717, 1.165) is 98.0 Å². The molecule has 0 bridgehead atoms. The maximum atomic E-state index is 13.5. The fourth-order valence-corrected chi connectivity index (χ4v) is 13.1. The third-order valence-corrected chi connectivity index (χ3v) is 16.9. The van der Waals surface area contributed by atoms with Gasteiger partial charge in [0.25, 0.3) is 20.0 Å². The van der Waals surface area contributed by atoms with Crippen LogP contribution in [0.3, 0.4) is 0 Å². The Hall–Kier alpha value is -5.14. The van der Waals surface area contributed by atoms with Crippen LogP contribution >= 0.6 is 12.4 Å². The molecule has 10 nitrogen and oxygen atoms in total. The molecule has 2 saturated heterocycles. The van der Waals surface area contributed by atoms with Crippen molar-refractivity contribution in [1.82, 2.24) is 10.2 Å². The lowest BCUT2D eigenvalue weighted by atomic mass is 9.86. The van der Waals surface area contributed by atoms with Crippen LogP contribution in [-0.4, -0.2) is 59.6 Å². The van der Waals surface area contributed by atoms with Crippen LogP contribution in [0.4, 0.5) is 16.2 Å². The van der Waals surface area contributed by atoms with Crippen molar-refractivity contribution in [1.29, 1.82) is 0 Å². The van der Waals surface area contributed by atoms with E-state index in [4.69, 9.17) is 4.74 Å². The molecule has 3 N–H and O–H groups in total. The van der Waals surface area contributed by atoms with Gasteiger partial charge in [0, 0.05) is 35.2 Å². The number of benzene rings is 6. The monoisotopic (exact) mass is 976 g/mol. The number of ether oxygens (including phenoxy) is 1. The number of hydrogen-bond donors (Lipinski definition) is 3. The van der Waals surface area contributed by atoms with Gasteiger partial charge >= 0.3 is 6.09 Å². The highest BCUT2D eigenvalue weighted by atomic mass is 35.5. The molecule has 1 amide bonds. The van der Waals surface area contributed by atoms with Crippen molar-refractivity contribution >= 4 is 71.5 Å². The van der Waals surface area contributed by atoms with Gasteiger partial charge < -0.3 is 15.0 Å². The molecule has 4 aliphatic rings. The van der Waals surface area contributed by atoms with Gasteiger partial charge in [0.1, 0.15) is 5.60 Å². The number of nitrogens with one attached hydrogen (secondary N) is 3. The van der Waals surface area contributed by atoms with Gasteiger partial charge in [-0.2, -0.15) is 0 Å². The minimum atomic E-state index is -3.77. The lowest BCUT2D eigenvalue weighted by molar-refractivity contribution is 0.0205. The van der Waals surface area contributed by atoms with Crippen LogP contribution in [0.2, 0.25) is 0 Å². The molecule has 0 atom stereocenters. The van der Waals surface area contributed by atoms with E-state index in [9.17, 15) is 21.6 Å². The maximum Gasteiger partial charge on any atom is 0.410 e. The predicted octanol–water partition coefficient (Wildman–Crippen LogP) is 12.0. The normalized spacial score (nSPS) is 17.0. The van der Waals surface area contributed by atoms with E-state index >= 15 is 0 Å². The number of halogens is 1. The van der Waals surface area contributed by atoms with Crippen LogP contribution in [0.15, 0.2) is 119 Å². The molecule has 6 aromatic carbocycles. The van der Waals surface area contributed by atoms with Gasteiger partial charge in [-0.25, -0.2) is 21.6 Å². The minimum absolute atomic E-state index is 0. The van der Waals surface area contributed by atoms with Crippen LogP contribution in [0.25, 0.3) is 21.5 Å². The summed E-state index contributed by atoms with van der Waals surface area (Å²) in [4.78, 5) is 14.9. The third-order valence-electron chi connectivity index (χ3n) is 14.0. The van der Waals surface area contributed by atoms with Crippen LogP contribution in [-0.2, 0) is 50.5 Å². The van der Waals surface area contributed by atoms with E-state index in [1.165, 1.54) is 47.1 Å². The number of carbonyl (C=O) groups is 1. The number of nitrogens with zero attached hydrogens (tertiary/aromatic N) is 1. The van der Waals surface area contributed by atoms with E-state index in [2.05, 4.69) is 33.0 Å². The van der Waals surface area contributed by atoms with Crippen molar-refractivity contribution in [3.8, 4) is 0 Å². The van der Waals surface area contributed by atoms with Crippen molar-refractivity contribution in [3.63, 3.8) is 0 Å². The first-order valence-corrected chi connectivity index (χ1v) is 27.2. The Morgan fingerprint density at radius 2 is 0.971 bits per heavy atom. The van der Waals surface area contributed by atoms with Gasteiger partial charge in [-0.1, -0.05) is 72.8 Å². The molecular weight excluding hydrogens is 912 g/mol. The summed E-state index contributed by atoms with van der Waals surface area (Å²) in [5.41, 5.74) is 8.33. The Labute approximate surface area is 409 Å². The second-order valence-electron chi connectivity index (χ2n) is 19.8. The number of likely N-dealkylation sites (tertiary alicyclic amines) is 1. The first-order valence-electron chi connectivity index (χ1n) is 24.2. The van der Waals surface area contributed by atoms with E-state index in [0.29, 0.717) is 35.3 Å². The molecule has 0 radical (unpaired) electrons. The van der Waals surface area contributed by atoms with E-state index in [1.807, 2.05) is 99.6 Å². The molecule has 0 aromatic heterocycles. The summed E-state index contributed by atoms with van der Waals surface area (Å²) in [6.45, 7) is 8.89. The molecule has 0 unspecified atom stereocenters. The molecule has 6 aromatic rings. The summed E-state index contributed by atoms with van der Waals surface area (Å²) in [5.74, 6) is 0.718. The van der Waals surface area contributed by atoms with Crippen LogP contribution in [0, 0.1) is 0 Å². The topological polar surface area (TPSA) is 134 Å². The fraction of sp³-hybridized carbons (Fsp3) is 0.400. The summed E-state index contributed by atoms with van der Waals surface area (Å²) in [6, 6.07) is 35.0. The predicted molar refractivity (Wildman–Crippen MR) is 278 cm³/mol. The van der Waals surface area contributed by atoms with Gasteiger partial charge in [-0.3, -0.25) is 9.44 Å². The van der Waals surface area contributed by atoms with Crippen molar-refractivity contribution < 1.29 is 26.4 Å². The number of sulfonamides is 2. The first-order chi connectivity index (χ1) is 32.2. The molecule has 0 spiro atoms. The van der Waals surface area contributed by atoms with Crippen molar-refractivity contribution in [2.45, 2.75) is 125 Å². The summed E-state index contributed by atoms with van der Waals surface area (Å²) < 4.78 is 65.0. The third kappa shape index (κ3) is 11.1.